The minimum atomic E-state index is -4.42. The van der Waals surface area contributed by atoms with Crippen LogP contribution in [0.5, 0.6) is 0 Å². The highest BCUT2D eigenvalue weighted by atomic mass is 32.2. The molecule has 4 rings (SSSR count). The van der Waals surface area contributed by atoms with Crippen molar-refractivity contribution in [2.75, 3.05) is 33.7 Å². The van der Waals surface area contributed by atoms with Gasteiger partial charge < -0.3 is 15.3 Å². The number of nitrogens with zero attached hydrogens (tertiary/aromatic N) is 5. The Hall–Kier alpha value is -3.83. The minimum absolute atomic E-state index is 0.111. The number of fused-ring (bicyclic) bond motifs is 1. The predicted octanol–water partition coefficient (Wildman–Crippen LogP) is 2.19. The van der Waals surface area contributed by atoms with E-state index in [4.69, 9.17) is 0 Å². The van der Waals surface area contributed by atoms with E-state index in [0.29, 0.717) is 12.2 Å². The fraction of sp³-hybridized carbons (Fsp3) is 0.286. The third-order valence-electron chi connectivity index (χ3n) is 5.46. The number of carbonyl (C=O) groups excluding carboxylic acids is 1. The average molecular weight is 516 g/mol. The van der Waals surface area contributed by atoms with Crippen LogP contribution in [0.3, 0.4) is 0 Å². The van der Waals surface area contributed by atoms with Crippen molar-refractivity contribution < 1.29 is 23.1 Å². The number of carbonyl (C=O) groups is 2. The Labute approximate surface area is 205 Å². The van der Waals surface area contributed by atoms with Crippen LogP contribution in [0.25, 0.3) is 0 Å². The summed E-state index contributed by atoms with van der Waals surface area (Å²) in [6.07, 6.45) is -0.0128. The van der Waals surface area contributed by atoms with Crippen molar-refractivity contribution in [2.45, 2.75) is 24.9 Å². The van der Waals surface area contributed by atoms with E-state index < -0.39 is 37.8 Å². The largest absolute Gasteiger partial charge is 0.465 e. The zero-order chi connectivity index (χ0) is 25.3. The molecule has 1 saturated heterocycles. The van der Waals surface area contributed by atoms with Crippen LogP contribution in [0.2, 0.25) is 0 Å². The summed E-state index contributed by atoms with van der Waals surface area (Å²) in [5, 5.41) is 24.1. The first-order chi connectivity index (χ1) is 16.7. The number of nitrogens with one attached hydrogen (secondary N) is 2. The fourth-order valence-electron chi connectivity index (χ4n) is 3.78. The fourth-order valence-corrected chi connectivity index (χ4v) is 6.34. The Balaban J connectivity index is 1.70. The van der Waals surface area contributed by atoms with Crippen LogP contribution in [0, 0.1) is 18.3 Å². The lowest BCUT2D eigenvalue weighted by atomic mass is 10.3. The topological polar surface area (TPSA) is 169 Å². The first kappa shape index (κ1) is 24.3. The van der Waals surface area contributed by atoms with Crippen LogP contribution < -0.4 is 15.5 Å². The molecule has 2 amide bonds. The number of amides is 2. The number of para-hydroxylation sites is 2. The molecule has 1 aromatic heterocycles. The highest BCUT2D eigenvalue weighted by Gasteiger charge is 2.37. The Morgan fingerprint density at radius 1 is 1.37 bits per heavy atom. The summed E-state index contributed by atoms with van der Waals surface area (Å²) in [4.78, 5) is 34.1. The van der Waals surface area contributed by atoms with Crippen LogP contribution in [0.4, 0.5) is 22.1 Å². The molecule has 3 N–H and O–H groups in total. The number of hydrogen-bond donors (Lipinski definition) is 3. The lowest BCUT2D eigenvalue weighted by Crippen LogP contribution is -2.44. The van der Waals surface area contributed by atoms with E-state index in [1.807, 2.05) is 19.1 Å². The molecule has 0 aliphatic carbocycles. The van der Waals surface area contributed by atoms with Gasteiger partial charge in [-0.3, -0.25) is 15.0 Å². The molecule has 2 aliphatic rings. The molecule has 14 heteroatoms. The van der Waals surface area contributed by atoms with Crippen molar-refractivity contribution in [3.63, 3.8) is 0 Å². The zero-order valence-corrected chi connectivity index (χ0v) is 20.4. The summed E-state index contributed by atoms with van der Waals surface area (Å²) in [5.41, 5.74) is 1.58. The first-order valence-electron chi connectivity index (χ1n) is 10.4. The second-order valence-electron chi connectivity index (χ2n) is 7.62. The number of aromatic nitrogens is 2. The maximum Gasteiger partial charge on any atom is 0.408 e. The van der Waals surface area contributed by atoms with E-state index in [1.165, 1.54) is 24.9 Å². The number of carboxylic acid groups (broad SMARTS) is 1. The smallest absolute Gasteiger partial charge is 0.408 e. The Morgan fingerprint density at radius 3 is 2.80 bits per heavy atom. The van der Waals surface area contributed by atoms with Gasteiger partial charge in [-0.2, -0.15) is 5.26 Å². The van der Waals surface area contributed by atoms with Gasteiger partial charge in [-0.1, -0.05) is 12.1 Å². The third kappa shape index (κ3) is 4.35. The quantitative estimate of drug-likeness (QED) is 0.394. The molecule has 1 atom stereocenters. The van der Waals surface area contributed by atoms with Crippen LogP contribution >= 0.6 is 11.8 Å². The normalized spacial score (nSPS) is 18.5. The SMILES string of the molecule is CCN1C(=C(C#N)S(=O)(=O)c2nc(NC(=O)[C@@H]3CSCN3C(=O)O)ncc2C)Nc2ccccc21. The molecule has 0 unspecified atom stereocenters. The van der Waals surface area contributed by atoms with Gasteiger partial charge >= 0.3 is 6.09 Å². The van der Waals surface area contributed by atoms with Gasteiger partial charge in [0.2, 0.25) is 15.8 Å². The second kappa shape index (κ2) is 9.43. The molecule has 0 spiro atoms. The highest BCUT2D eigenvalue weighted by molar-refractivity contribution is 7.99. The Bertz CT molecular complexity index is 1390. The number of rotatable bonds is 5. The van der Waals surface area contributed by atoms with Crippen molar-refractivity contribution in [2.24, 2.45) is 0 Å². The molecule has 0 radical (unpaired) electrons. The summed E-state index contributed by atoms with van der Waals surface area (Å²) in [7, 11) is -4.42. The molecule has 182 valence electrons. The number of hydrogen-bond acceptors (Lipinski definition) is 10. The number of allylic oxidation sites excluding steroid dienone is 1. The lowest BCUT2D eigenvalue weighted by Gasteiger charge is -2.20. The highest BCUT2D eigenvalue weighted by Crippen LogP contribution is 2.38. The van der Waals surface area contributed by atoms with Gasteiger partial charge in [0.05, 0.1) is 17.3 Å². The first-order valence-corrected chi connectivity index (χ1v) is 13.1. The van der Waals surface area contributed by atoms with Crippen molar-refractivity contribution in [3.05, 3.63) is 46.8 Å². The molecule has 3 heterocycles. The van der Waals surface area contributed by atoms with Crippen LogP contribution in [-0.4, -0.2) is 64.6 Å². The van der Waals surface area contributed by atoms with E-state index >= 15 is 0 Å². The molecule has 0 saturated carbocycles. The van der Waals surface area contributed by atoms with Crippen molar-refractivity contribution in [1.82, 2.24) is 14.9 Å². The van der Waals surface area contributed by atoms with Gasteiger partial charge in [0.25, 0.3) is 5.91 Å². The number of sulfone groups is 1. The summed E-state index contributed by atoms with van der Waals surface area (Å²) < 4.78 is 27.2. The van der Waals surface area contributed by atoms with Gasteiger partial charge in [0, 0.05) is 24.1 Å². The maximum absolute atomic E-state index is 13.6. The van der Waals surface area contributed by atoms with Crippen molar-refractivity contribution in [3.8, 4) is 6.07 Å². The zero-order valence-electron chi connectivity index (χ0n) is 18.7. The van der Waals surface area contributed by atoms with Crippen LogP contribution in [0.15, 0.2) is 46.2 Å². The van der Waals surface area contributed by atoms with Crippen molar-refractivity contribution >= 4 is 50.9 Å². The van der Waals surface area contributed by atoms with E-state index in [-0.39, 0.29) is 29.0 Å². The van der Waals surface area contributed by atoms with Gasteiger partial charge in [-0.05, 0) is 26.0 Å². The molecule has 2 aromatic rings. The minimum Gasteiger partial charge on any atom is -0.465 e. The molecule has 12 nitrogen and oxygen atoms in total. The summed E-state index contributed by atoms with van der Waals surface area (Å²) >= 11 is 1.28. The van der Waals surface area contributed by atoms with Crippen molar-refractivity contribution in [1.29, 1.82) is 5.26 Å². The predicted molar refractivity (Wildman–Crippen MR) is 129 cm³/mol. The number of nitriles is 1. The summed E-state index contributed by atoms with van der Waals surface area (Å²) in [5.74, 6) is -0.476. The lowest BCUT2D eigenvalue weighted by molar-refractivity contribution is -0.119. The van der Waals surface area contributed by atoms with Gasteiger partial charge in [-0.15, -0.1) is 11.8 Å². The van der Waals surface area contributed by atoms with E-state index in [2.05, 4.69) is 20.6 Å². The van der Waals surface area contributed by atoms with E-state index in [1.54, 1.807) is 23.1 Å². The molecule has 2 aliphatic heterocycles. The summed E-state index contributed by atoms with van der Waals surface area (Å²) in [6.45, 7) is 3.71. The van der Waals surface area contributed by atoms with Crippen LogP contribution in [-0.2, 0) is 14.6 Å². The molecular weight excluding hydrogens is 494 g/mol. The van der Waals surface area contributed by atoms with Gasteiger partial charge in [0.15, 0.2) is 9.93 Å². The second-order valence-corrected chi connectivity index (χ2v) is 10.4. The maximum atomic E-state index is 13.6. The monoisotopic (exact) mass is 515 g/mol. The number of thioether (sulfide) groups is 1. The molecule has 0 bridgehead atoms. The number of anilines is 3. The average Bonchev–Trinajstić information content (AvgIpc) is 3.45. The Morgan fingerprint density at radius 2 is 2.11 bits per heavy atom. The van der Waals surface area contributed by atoms with Gasteiger partial charge in [-0.25, -0.2) is 23.2 Å². The van der Waals surface area contributed by atoms with E-state index in [9.17, 15) is 28.4 Å². The molecule has 35 heavy (non-hydrogen) atoms. The molecular formula is C21H21N7O5S2. The molecule has 1 fully saturated rings. The van der Waals surface area contributed by atoms with Crippen LogP contribution in [0.1, 0.15) is 12.5 Å². The Kier molecular flexibility index (Phi) is 6.55. The van der Waals surface area contributed by atoms with Gasteiger partial charge in [0.1, 0.15) is 17.9 Å². The standard InChI is InChI=1S/C21H21N7O5S2/c1-3-27-14-7-5-4-6-13(14)24-17(27)16(8-22)35(32,33)19-12(2)9-23-20(26-19)25-18(29)15-10-34-11-28(15)21(30)31/h4-7,9,15,24H,3,10-11H2,1-2H3,(H,30,31)(H,23,25,26,29)/t15-/m0/s1. The van der Waals surface area contributed by atoms with E-state index in [0.717, 1.165) is 10.6 Å². The number of benzene rings is 1. The summed E-state index contributed by atoms with van der Waals surface area (Å²) in [6, 6.07) is 8.03. The third-order valence-corrected chi connectivity index (χ3v) is 8.22. The number of aryl methyl sites for hydroxylation is 1. The molecule has 1 aromatic carbocycles.